The topological polar surface area (TPSA) is 107 Å². The fraction of sp³-hybridized carbons (Fsp3) is 0.609. The van der Waals surface area contributed by atoms with E-state index in [0.717, 1.165) is 73.0 Å². The summed E-state index contributed by atoms with van der Waals surface area (Å²) in [7, 11) is 1.71. The second-order valence-electron chi connectivity index (χ2n) is 9.30. The van der Waals surface area contributed by atoms with Gasteiger partial charge in [-0.2, -0.15) is 0 Å². The number of likely N-dealkylation sites (tertiary alicyclic amines) is 1. The number of hydrogen-bond donors (Lipinski definition) is 1. The number of H-pyrrole nitrogens is 1. The van der Waals surface area contributed by atoms with Crippen LogP contribution in [0.15, 0.2) is 18.5 Å². The van der Waals surface area contributed by atoms with Crippen molar-refractivity contribution in [1.29, 1.82) is 0 Å². The second kappa shape index (κ2) is 9.13. The lowest BCUT2D eigenvalue weighted by Crippen LogP contribution is -2.43. The smallest absolute Gasteiger partial charge is 0.159 e. The van der Waals surface area contributed by atoms with Gasteiger partial charge >= 0.3 is 0 Å². The Hall–Kier alpha value is -1.94. The van der Waals surface area contributed by atoms with Crippen molar-refractivity contribution in [2.24, 2.45) is 11.8 Å². The Labute approximate surface area is 190 Å². The molecule has 2 fully saturated rings. The number of aryl methyl sites for hydroxylation is 1. The number of fused-ring (bicyclic) bond motifs is 3. The van der Waals surface area contributed by atoms with Gasteiger partial charge in [0.2, 0.25) is 0 Å². The van der Waals surface area contributed by atoms with Crippen molar-refractivity contribution in [3.05, 3.63) is 30.0 Å². The number of nitrogens with zero attached hydrogens (tertiary/aromatic N) is 4. The normalized spacial score (nSPS) is 26.7. The van der Waals surface area contributed by atoms with Crippen LogP contribution in [0.3, 0.4) is 0 Å². The highest BCUT2D eigenvalue weighted by Gasteiger charge is 2.36. The molecular weight excluding hydrogens is 426 g/mol. The van der Waals surface area contributed by atoms with E-state index in [9.17, 15) is 8.76 Å². The van der Waals surface area contributed by atoms with E-state index in [1.165, 1.54) is 5.69 Å². The third-order valence-electron chi connectivity index (χ3n) is 7.25. The van der Waals surface area contributed by atoms with Crippen molar-refractivity contribution < 1.29 is 13.5 Å². The molecule has 1 aliphatic heterocycles. The van der Waals surface area contributed by atoms with Gasteiger partial charge in [-0.25, -0.2) is 15.0 Å². The van der Waals surface area contributed by atoms with Gasteiger partial charge in [0, 0.05) is 36.3 Å². The van der Waals surface area contributed by atoms with Gasteiger partial charge in [0.05, 0.1) is 23.7 Å². The molecule has 1 saturated carbocycles. The summed E-state index contributed by atoms with van der Waals surface area (Å²) in [5.74, 6) is 1.81. The Morgan fingerprint density at radius 2 is 2.09 bits per heavy atom. The minimum atomic E-state index is -2.10. The number of rotatable bonds is 6. The summed E-state index contributed by atoms with van der Waals surface area (Å²) in [6.07, 6.45) is 8.32. The lowest BCUT2D eigenvalue weighted by Gasteiger charge is -2.40. The summed E-state index contributed by atoms with van der Waals surface area (Å²) in [6.45, 7) is 4.32. The van der Waals surface area contributed by atoms with Crippen LogP contribution in [-0.4, -0.2) is 65.8 Å². The molecule has 0 aromatic carbocycles. The summed E-state index contributed by atoms with van der Waals surface area (Å²) in [6, 6.07) is 2.01. The minimum Gasteiger partial charge on any atom is -0.771 e. The summed E-state index contributed by atoms with van der Waals surface area (Å²) in [5, 5.41) is 1.74. The standard InChI is InChI=1S/C23H31N5O3S/c1-14-26-19-11-25-22-18(7-9-24-22)20(19)21(27-14)16-3-5-17(6-4-16)23(32(29)30)28-10-8-15(12-28)13-31-2/h7,9,11,15-17,23H,3-6,8,10,12-13H2,1-2H3,(H,26,27)(H,29,30)/p-1. The molecule has 9 heteroatoms. The SMILES string of the molecule is COCC1CCN(C(C2CCC(c3[nH]c(C)nc4cnc5nccc5c34)CC2)S(=O)[O-])C1. The summed E-state index contributed by atoms with van der Waals surface area (Å²) >= 11 is -2.10. The zero-order chi connectivity index (χ0) is 22.2. The highest BCUT2D eigenvalue weighted by molar-refractivity contribution is 7.79. The van der Waals surface area contributed by atoms with Gasteiger partial charge in [0.25, 0.3) is 0 Å². The van der Waals surface area contributed by atoms with Crippen molar-refractivity contribution in [2.45, 2.75) is 50.3 Å². The fourth-order valence-electron chi connectivity index (χ4n) is 5.82. The third-order valence-corrected chi connectivity index (χ3v) is 8.32. The first-order valence-corrected chi connectivity index (χ1v) is 12.6. The Morgan fingerprint density at radius 3 is 2.84 bits per heavy atom. The Bertz CT molecular complexity index is 1130. The predicted octanol–water partition coefficient (Wildman–Crippen LogP) is 3.26. The van der Waals surface area contributed by atoms with E-state index in [1.54, 1.807) is 19.5 Å². The second-order valence-corrected chi connectivity index (χ2v) is 10.3. The molecule has 3 aromatic heterocycles. The molecule has 0 amide bonds. The van der Waals surface area contributed by atoms with Crippen molar-refractivity contribution in [2.75, 3.05) is 26.8 Å². The Morgan fingerprint density at radius 1 is 1.28 bits per heavy atom. The van der Waals surface area contributed by atoms with Gasteiger partial charge in [0.15, 0.2) is 5.65 Å². The van der Waals surface area contributed by atoms with E-state index in [0.29, 0.717) is 18.4 Å². The van der Waals surface area contributed by atoms with Crippen LogP contribution < -0.4 is 0 Å². The molecule has 0 bridgehead atoms. The molecule has 5 rings (SSSR count). The molecule has 1 aliphatic carbocycles. The van der Waals surface area contributed by atoms with Gasteiger partial charge in [-0.15, -0.1) is 0 Å². The molecule has 0 radical (unpaired) electrons. The molecule has 32 heavy (non-hydrogen) atoms. The molecule has 172 valence electrons. The number of nitrogens with one attached hydrogen (secondary N) is 1. The zero-order valence-corrected chi connectivity index (χ0v) is 19.4. The summed E-state index contributed by atoms with van der Waals surface area (Å²) in [5.41, 5.74) is 2.82. The van der Waals surface area contributed by atoms with Crippen molar-refractivity contribution in [1.82, 2.24) is 24.8 Å². The molecule has 1 saturated heterocycles. The number of pyridine rings is 1. The quantitative estimate of drug-likeness (QED) is 0.567. The maximum Gasteiger partial charge on any atom is 0.159 e. The van der Waals surface area contributed by atoms with Gasteiger partial charge < -0.3 is 14.3 Å². The van der Waals surface area contributed by atoms with Gasteiger partial charge in [-0.05, 0) is 80.5 Å². The van der Waals surface area contributed by atoms with Crippen LogP contribution in [-0.2, 0) is 15.8 Å². The van der Waals surface area contributed by atoms with Gasteiger partial charge in [-0.1, -0.05) is 0 Å². The maximum atomic E-state index is 12.2. The lowest BCUT2D eigenvalue weighted by molar-refractivity contribution is 0.141. The number of methoxy groups -OCH3 is 1. The van der Waals surface area contributed by atoms with Crippen LogP contribution in [0, 0.1) is 18.8 Å². The van der Waals surface area contributed by atoms with Crippen LogP contribution >= 0.6 is 0 Å². The highest BCUT2D eigenvalue weighted by atomic mass is 32.2. The fourth-order valence-corrected chi connectivity index (χ4v) is 6.85. The highest BCUT2D eigenvalue weighted by Crippen LogP contribution is 2.41. The minimum absolute atomic E-state index is 0.169. The molecule has 1 N–H and O–H groups in total. The first-order valence-electron chi connectivity index (χ1n) is 11.5. The molecule has 3 unspecified atom stereocenters. The van der Waals surface area contributed by atoms with E-state index >= 15 is 0 Å². The van der Waals surface area contributed by atoms with Crippen LogP contribution in [0.5, 0.6) is 0 Å². The third kappa shape index (κ3) is 4.07. The number of aromatic amines is 1. The largest absolute Gasteiger partial charge is 0.771 e. The van der Waals surface area contributed by atoms with Gasteiger partial charge in [0.1, 0.15) is 5.82 Å². The van der Waals surface area contributed by atoms with E-state index in [-0.39, 0.29) is 5.92 Å². The van der Waals surface area contributed by atoms with Gasteiger partial charge in [-0.3, -0.25) is 9.11 Å². The first kappa shape index (κ1) is 21.9. The van der Waals surface area contributed by atoms with Crippen molar-refractivity contribution in [3.8, 4) is 0 Å². The number of ether oxygens (including phenoxy) is 1. The van der Waals surface area contributed by atoms with Crippen LogP contribution in [0.2, 0.25) is 0 Å². The van der Waals surface area contributed by atoms with E-state index in [1.807, 2.05) is 13.0 Å². The monoisotopic (exact) mass is 456 g/mol. The number of hydrogen-bond acceptors (Lipinski definition) is 7. The van der Waals surface area contributed by atoms with E-state index < -0.39 is 16.5 Å². The zero-order valence-electron chi connectivity index (χ0n) is 18.6. The average Bonchev–Trinajstić information content (AvgIpc) is 3.43. The number of aromatic nitrogens is 4. The lowest BCUT2D eigenvalue weighted by atomic mass is 9.79. The van der Waals surface area contributed by atoms with Crippen molar-refractivity contribution >= 4 is 33.0 Å². The van der Waals surface area contributed by atoms with Crippen LogP contribution in [0.1, 0.15) is 49.5 Å². The van der Waals surface area contributed by atoms with Crippen molar-refractivity contribution in [3.63, 3.8) is 0 Å². The summed E-state index contributed by atoms with van der Waals surface area (Å²) < 4.78 is 29.8. The molecule has 3 aromatic rings. The maximum absolute atomic E-state index is 12.2. The van der Waals surface area contributed by atoms with Crippen LogP contribution in [0.25, 0.3) is 21.9 Å². The van der Waals surface area contributed by atoms with Crippen LogP contribution in [0.4, 0.5) is 0 Å². The van der Waals surface area contributed by atoms with E-state index in [2.05, 4.69) is 24.8 Å². The molecule has 3 atom stereocenters. The average molecular weight is 457 g/mol. The molecule has 4 heterocycles. The first-order chi connectivity index (χ1) is 15.5. The van der Waals surface area contributed by atoms with E-state index in [4.69, 9.17) is 4.74 Å². The molecule has 8 nitrogen and oxygen atoms in total. The summed E-state index contributed by atoms with van der Waals surface area (Å²) in [4.78, 5) is 19.2. The Kier molecular flexibility index (Phi) is 6.24. The molecular formula is C23H30N5O3S-. The molecule has 2 aliphatic rings. The molecule has 0 spiro atoms. The Balaban J connectivity index is 1.37. The predicted molar refractivity (Wildman–Crippen MR) is 123 cm³/mol.